The summed E-state index contributed by atoms with van der Waals surface area (Å²) in [7, 11) is 1.43. The van der Waals surface area contributed by atoms with Crippen molar-refractivity contribution in [1.29, 1.82) is 0 Å². The number of rotatable bonds is 6. The van der Waals surface area contributed by atoms with Gasteiger partial charge < -0.3 is 9.84 Å². The number of ether oxygens (including phenoxy) is 1. The SMILES string of the molecule is COc1n[nH]c(NC(=O)CC2(CC(=O)O)CCCC2)n1. The lowest BCUT2D eigenvalue weighted by molar-refractivity contribution is -0.140. The average Bonchev–Trinajstić information content (AvgIpc) is 2.98. The Balaban J connectivity index is 1.96. The van der Waals surface area contributed by atoms with E-state index in [2.05, 4.69) is 20.5 Å². The molecule has 1 amide bonds. The lowest BCUT2D eigenvalue weighted by Crippen LogP contribution is -2.28. The first kappa shape index (κ1) is 14.3. The Kier molecular flexibility index (Phi) is 4.21. The average molecular weight is 282 g/mol. The Morgan fingerprint density at radius 1 is 1.40 bits per heavy atom. The Hall–Kier alpha value is -2.12. The van der Waals surface area contributed by atoms with Crippen LogP contribution < -0.4 is 10.1 Å². The van der Waals surface area contributed by atoms with E-state index >= 15 is 0 Å². The normalized spacial score (nSPS) is 16.9. The predicted octanol–water partition coefficient (Wildman–Crippen LogP) is 1.18. The van der Waals surface area contributed by atoms with E-state index in [0.29, 0.717) is 0 Å². The first-order chi connectivity index (χ1) is 9.53. The van der Waals surface area contributed by atoms with Gasteiger partial charge in [0, 0.05) is 6.42 Å². The Morgan fingerprint density at radius 2 is 2.10 bits per heavy atom. The third-order valence-corrected chi connectivity index (χ3v) is 3.63. The largest absolute Gasteiger partial charge is 0.481 e. The van der Waals surface area contributed by atoms with Gasteiger partial charge in [-0.3, -0.25) is 14.9 Å². The molecule has 0 atom stereocenters. The van der Waals surface area contributed by atoms with Crippen LogP contribution in [0.2, 0.25) is 0 Å². The molecular weight excluding hydrogens is 264 g/mol. The van der Waals surface area contributed by atoms with Gasteiger partial charge in [0.25, 0.3) is 0 Å². The molecule has 0 saturated heterocycles. The molecule has 0 spiro atoms. The molecule has 8 nitrogen and oxygen atoms in total. The van der Waals surface area contributed by atoms with Crippen LogP contribution in [0.3, 0.4) is 0 Å². The van der Waals surface area contributed by atoms with E-state index < -0.39 is 11.4 Å². The molecule has 1 saturated carbocycles. The van der Waals surface area contributed by atoms with Gasteiger partial charge in [-0.05, 0) is 18.3 Å². The third kappa shape index (κ3) is 3.46. The lowest BCUT2D eigenvalue weighted by atomic mass is 9.79. The molecule has 0 radical (unpaired) electrons. The van der Waals surface area contributed by atoms with Gasteiger partial charge in [-0.25, -0.2) is 5.10 Å². The first-order valence-corrected chi connectivity index (χ1v) is 6.51. The zero-order valence-corrected chi connectivity index (χ0v) is 11.3. The molecule has 110 valence electrons. The summed E-state index contributed by atoms with van der Waals surface area (Å²) < 4.78 is 4.80. The summed E-state index contributed by atoms with van der Waals surface area (Å²) in [6, 6.07) is 0.140. The number of amides is 1. The van der Waals surface area contributed by atoms with Crippen molar-refractivity contribution in [3.63, 3.8) is 0 Å². The number of methoxy groups -OCH3 is 1. The van der Waals surface area contributed by atoms with Crippen molar-refractivity contribution in [3.05, 3.63) is 0 Å². The number of hydrogen-bond acceptors (Lipinski definition) is 5. The first-order valence-electron chi connectivity index (χ1n) is 6.51. The van der Waals surface area contributed by atoms with Crippen molar-refractivity contribution < 1.29 is 19.4 Å². The summed E-state index contributed by atoms with van der Waals surface area (Å²) in [5, 5.41) is 17.8. The molecular formula is C12H18N4O4. The van der Waals surface area contributed by atoms with Crippen LogP contribution in [0.15, 0.2) is 0 Å². The van der Waals surface area contributed by atoms with Crippen molar-refractivity contribution in [2.45, 2.75) is 38.5 Å². The zero-order valence-electron chi connectivity index (χ0n) is 11.3. The molecule has 1 fully saturated rings. The van der Waals surface area contributed by atoms with Crippen LogP contribution in [0, 0.1) is 5.41 Å². The molecule has 2 rings (SSSR count). The predicted molar refractivity (Wildman–Crippen MR) is 69.3 cm³/mol. The number of nitrogens with one attached hydrogen (secondary N) is 2. The van der Waals surface area contributed by atoms with Crippen molar-refractivity contribution in [1.82, 2.24) is 15.2 Å². The van der Waals surface area contributed by atoms with Crippen molar-refractivity contribution in [2.24, 2.45) is 5.41 Å². The summed E-state index contributed by atoms with van der Waals surface area (Å²) in [6.07, 6.45) is 3.69. The number of anilines is 1. The lowest BCUT2D eigenvalue weighted by Gasteiger charge is -2.25. The summed E-state index contributed by atoms with van der Waals surface area (Å²) in [5.74, 6) is -0.914. The number of hydrogen-bond donors (Lipinski definition) is 3. The minimum absolute atomic E-state index is 0.0279. The van der Waals surface area contributed by atoms with Crippen LogP contribution in [0.5, 0.6) is 6.01 Å². The second-order valence-electron chi connectivity index (χ2n) is 5.17. The number of aliphatic carboxylic acids is 1. The van der Waals surface area contributed by atoms with E-state index in [4.69, 9.17) is 9.84 Å². The number of H-pyrrole nitrogens is 1. The maximum Gasteiger partial charge on any atom is 0.336 e. The number of aromatic amines is 1. The van der Waals surface area contributed by atoms with Crippen LogP contribution in [0.25, 0.3) is 0 Å². The molecule has 8 heteroatoms. The maximum atomic E-state index is 12.0. The van der Waals surface area contributed by atoms with Crippen LogP contribution in [0.4, 0.5) is 5.95 Å². The Morgan fingerprint density at radius 3 is 2.65 bits per heavy atom. The third-order valence-electron chi connectivity index (χ3n) is 3.63. The number of aromatic nitrogens is 3. The van der Waals surface area contributed by atoms with E-state index in [1.807, 2.05) is 0 Å². The minimum Gasteiger partial charge on any atom is -0.481 e. The molecule has 0 unspecified atom stereocenters. The fourth-order valence-corrected chi connectivity index (χ4v) is 2.77. The van der Waals surface area contributed by atoms with Crippen LogP contribution >= 0.6 is 0 Å². The van der Waals surface area contributed by atoms with Gasteiger partial charge in [0.15, 0.2) is 0 Å². The summed E-state index contributed by atoms with van der Waals surface area (Å²) >= 11 is 0. The monoisotopic (exact) mass is 282 g/mol. The minimum atomic E-state index is -0.860. The van der Waals surface area contributed by atoms with E-state index in [1.165, 1.54) is 7.11 Å². The summed E-state index contributed by atoms with van der Waals surface area (Å²) in [4.78, 5) is 26.9. The fourth-order valence-electron chi connectivity index (χ4n) is 2.77. The van der Waals surface area contributed by atoms with Gasteiger partial charge in [0.1, 0.15) is 0 Å². The van der Waals surface area contributed by atoms with E-state index in [1.54, 1.807) is 0 Å². The molecule has 20 heavy (non-hydrogen) atoms. The van der Waals surface area contributed by atoms with E-state index in [0.717, 1.165) is 25.7 Å². The molecule has 0 aromatic carbocycles. The highest BCUT2D eigenvalue weighted by molar-refractivity contribution is 5.89. The smallest absolute Gasteiger partial charge is 0.336 e. The number of nitrogens with zero attached hydrogens (tertiary/aromatic N) is 2. The second-order valence-corrected chi connectivity index (χ2v) is 5.17. The van der Waals surface area contributed by atoms with Gasteiger partial charge in [-0.1, -0.05) is 12.8 Å². The molecule has 1 aromatic heterocycles. The fraction of sp³-hybridized carbons (Fsp3) is 0.667. The molecule has 0 bridgehead atoms. The Bertz CT molecular complexity index is 493. The van der Waals surface area contributed by atoms with Gasteiger partial charge >= 0.3 is 12.0 Å². The highest BCUT2D eigenvalue weighted by Crippen LogP contribution is 2.44. The maximum absolute atomic E-state index is 12.0. The van der Waals surface area contributed by atoms with Crippen LogP contribution in [-0.4, -0.2) is 39.3 Å². The number of carbonyl (C=O) groups excluding carboxylic acids is 1. The molecule has 1 aliphatic rings. The van der Waals surface area contributed by atoms with Crippen molar-refractivity contribution >= 4 is 17.8 Å². The second kappa shape index (κ2) is 5.89. The Labute approximate surface area is 115 Å². The highest BCUT2D eigenvalue weighted by atomic mass is 16.5. The van der Waals surface area contributed by atoms with Gasteiger partial charge in [-0.2, -0.15) is 4.98 Å². The zero-order chi connectivity index (χ0) is 14.6. The molecule has 1 heterocycles. The van der Waals surface area contributed by atoms with E-state index in [-0.39, 0.29) is 30.7 Å². The molecule has 1 aliphatic carbocycles. The number of carbonyl (C=O) groups is 2. The van der Waals surface area contributed by atoms with Crippen LogP contribution in [0.1, 0.15) is 38.5 Å². The quantitative estimate of drug-likeness (QED) is 0.721. The van der Waals surface area contributed by atoms with Gasteiger partial charge in [0.2, 0.25) is 11.9 Å². The van der Waals surface area contributed by atoms with Gasteiger partial charge in [0.05, 0.1) is 13.5 Å². The van der Waals surface area contributed by atoms with Gasteiger partial charge in [-0.15, -0.1) is 5.10 Å². The highest BCUT2D eigenvalue weighted by Gasteiger charge is 2.38. The summed E-state index contributed by atoms with van der Waals surface area (Å²) in [5.41, 5.74) is -0.431. The number of carboxylic acids is 1. The van der Waals surface area contributed by atoms with E-state index in [9.17, 15) is 9.59 Å². The molecule has 1 aromatic rings. The topological polar surface area (TPSA) is 117 Å². The molecule has 3 N–H and O–H groups in total. The standard InChI is InChI=1S/C12H18N4O4/c1-20-11-14-10(15-16-11)13-8(17)6-12(7-9(18)19)4-2-3-5-12/h2-7H2,1H3,(H,18,19)(H2,13,14,15,16,17). The summed E-state index contributed by atoms with van der Waals surface area (Å²) in [6.45, 7) is 0. The molecule has 0 aliphatic heterocycles. The van der Waals surface area contributed by atoms with Crippen LogP contribution in [-0.2, 0) is 9.59 Å². The van der Waals surface area contributed by atoms with Crippen molar-refractivity contribution in [3.8, 4) is 6.01 Å². The van der Waals surface area contributed by atoms with Crippen molar-refractivity contribution in [2.75, 3.05) is 12.4 Å². The number of carboxylic acid groups (broad SMARTS) is 1.